The fourth-order valence-electron chi connectivity index (χ4n) is 4.79. The molecule has 3 rings (SSSR count). The number of hydrogen-bond donors (Lipinski definition) is 1. The Morgan fingerprint density at radius 2 is 1.59 bits per heavy atom. The number of benzene rings is 3. The average Bonchev–Trinajstić information content (AvgIpc) is 2.96. The van der Waals surface area contributed by atoms with Gasteiger partial charge in [-0.25, -0.2) is 8.42 Å². The highest BCUT2D eigenvalue weighted by molar-refractivity contribution is 7.92. The summed E-state index contributed by atoms with van der Waals surface area (Å²) >= 11 is 0. The van der Waals surface area contributed by atoms with Gasteiger partial charge in [-0.15, -0.1) is 0 Å². The summed E-state index contributed by atoms with van der Waals surface area (Å²) in [5.74, 6) is -0.479. The van der Waals surface area contributed by atoms with Gasteiger partial charge in [0, 0.05) is 32.5 Å². The lowest BCUT2D eigenvalue weighted by atomic mass is 10.0. The van der Waals surface area contributed by atoms with Crippen LogP contribution in [0, 0.1) is 12.8 Å². The Balaban J connectivity index is 1.90. The van der Waals surface area contributed by atoms with Crippen LogP contribution in [0.15, 0.2) is 78.9 Å². The van der Waals surface area contributed by atoms with Crippen molar-refractivity contribution in [3.8, 4) is 0 Å². The molecule has 7 nitrogen and oxygen atoms in total. The molecule has 44 heavy (non-hydrogen) atoms. The van der Waals surface area contributed by atoms with Crippen LogP contribution in [-0.4, -0.2) is 50.5 Å². The van der Waals surface area contributed by atoms with Crippen LogP contribution >= 0.6 is 0 Å². The van der Waals surface area contributed by atoms with E-state index in [9.17, 15) is 31.2 Å². The Morgan fingerprint density at radius 1 is 0.932 bits per heavy atom. The van der Waals surface area contributed by atoms with Gasteiger partial charge in [0.15, 0.2) is 0 Å². The molecular formula is C33H40F3N3O4S. The molecule has 238 valence electrons. The second kappa shape index (κ2) is 15.2. The SMILES string of the molecule is Cc1ccccc1CN(C(=O)CCCN(c1cccc(C(F)(F)F)c1)S(C)(=O)=O)C(Cc1ccccc1)C(=O)NCC(C)C. The van der Waals surface area contributed by atoms with E-state index in [4.69, 9.17) is 0 Å². The van der Waals surface area contributed by atoms with E-state index in [0.717, 1.165) is 45.5 Å². The van der Waals surface area contributed by atoms with Gasteiger partial charge in [-0.2, -0.15) is 13.2 Å². The normalized spacial score (nSPS) is 12.5. The first-order valence-electron chi connectivity index (χ1n) is 14.5. The van der Waals surface area contributed by atoms with Gasteiger partial charge in [-0.05, 0) is 54.2 Å². The second-order valence-corrected chi connectivity index (χ2v) is 13.2. The van der Waals surface area contributed by atoms with Crippen LogP contribution in [0.1, 0.15) is 48.9 Å². The number of sulfonamides is 1. The molecule has 1 N–H and O–H groups in total. The van der Waals surface area contributed by atoms with Crippen LogP contribution < -0.4 is 9.62 Å². The topological polar surface area (TPSA) is 86.8 Å². The minimum Gasteiger partial charge on any atom is -0.354 e. The quantitative estimate of drug-likeness (QED) is 0.238. The van der Waals surface area contributed by atoms with E-state index in [1.54, 1.807) is 0 Å². The number of hydrogen-bond acceptors (Lipinski definition) is 4. The number of carbonyl (C=O) groups is 2. The van der Waals surface area contributed by atoms with Crippen molar-refractivity contribution in [1.29, 1.82) is 0 Å². The molecule has 0 saturated heterocycles. The largest absolute Gasteiger partial charge is 0.416 e. The zero-order valence-corrected chi connectivity index (χ0v) is 26.3. The molecule has 0 aliphatic rings. The first-order valence-corrected chi connectivity index (χ1v) is 16.3. The third-order valence-corrected chi connectivity index (χ3v) is 8.37. The van der Waals surface area contributed by atoms with Gasteiger partial charge in [-0.3, -0.25) is 13.9 Å². The third-order valence-electron chi connectivity index (χ3n) is 7.17. The van der Waals surface area contributed by atoms with Gasteiger partial charge in [-0.1, -0.05) is 74.5 Å². The molecule has 2 amide bonds. The van der Waals surface area contributed by atoms with Gasteiger partial charge in [0.1, 0.15) is 6.04 Å². The lowest BCUT2D eigenvalue weighted by Gasteiger charge is -2.32. The van der Waals surface area contributed by atoms with E-state index in [-0.39, 0.29) is 55.8 Å². The summed E-state index contributed by atoms with van der Waals surface area (Å²) < 4.78 is 66.1. The van der Waals surface area contributed by atoms with E-state index in [2.05, 4.69) is 5.32 Å². The molecule has 0 radical (unpaired) electrons. The van der Waals surface area contributed by atoms with Crippen LogP contribution in [0.4, 0.5) is 18.9 Å². The Bertz CT molecular complexity index is 1510. The van der Waals surface area contributed by atoms with Crippen molar-refractivity contribution in [1.82, 2.24) is 10.2 Å². The smallest absolute Gasteiger partial charge is 0.354 e. The zero-order chi connectivity index (χ0) is 32.5. The van der Waals surface area contributed by atoms with Gasteiger partial charge < -0.3 is 10.2 Å². The van der Waals surface area contributed by atoms with Crippen LogP contribution in [0.3, 0.4) is 0 Å². The molecule has 0 spiro atoms. The monoisotopic (exact) mass is 631 g/mol. The minimum atomic E-state index is -4.64. The van der Waals surface area contributed by atoms with Crippen molar-refractivity contribution in [2.45, 2.75) is 58.8 Å². The number of nitrogens with zero attached hydrogens (tertiary/aromatic N) is 2. The molecular weight excluding hydrogens is 591 g/mol. The fraction of sp³-hybridized carbons (Fsp3) is 0.394. The highest BCUT2D eigenvalue weighted by Gasteiger charge is 2.33. The fourth-order valence-corrected chi connectivity index (χ4v) is 5.75. The summed E-state index contributed by atoms with van der Waals surface area (Å²) in [6.45, 7) is 6.23. The van der Waals surface area contributed by atoms with Crippen molar-refractivity contribution in [2.24, 2.45) is 5.92 Å². The minimum absolute atomic E-state index is 0.0259. The molecule has 0 aliphatic carbocycles. The molecule has 0 fully saturated rings. The molecule has 1 unspecified atom stereocenters. The molecule has 0 aliphatic heterocycles. The number of nitrogens with one attached hydrogen (secondary N) is 1. The van der Waals surface area contributed by atoms with E-state index >= 15 is 0 Å². The molecule has 1 atom stereocenters. The lowest BCUT2D eigenvalue weighted by Crippen LogP contribution is -2.51. The molecule has 0 saturated carbocycles. The van der Waals surface area contributed by atoms with Gasteiger partial charge in [0.25, 0.3) is 0 Å². The van der Waals surface area contributed by atoms with Gasteiger partial charge in [0.2, 0.25) is 21.8 Å². The first-order chi connectivity index (χ1) is 20.7. The van der Waals surface area contributed by atoms with Crippen LogP contribution in [0.2, 0.25) is 0 Å². The predicted octanol–water partition coefficient (Wildman–Crippen LogP) is 5.97. The van der Waals surface area contributed by atoms with E-state index in [0.29, 0.717) is 6.54 Å². The number of rotatable bonds is 14. The summed E-state index contributed by atoms with van der Waals surface area (Å²) in [7, 11) is -3.96. The third kappa shape index (κ3) is 10.1. The predicted molar refractivity (Wildman–Crippen MR) is 166 cm³/mol. The Labute approximate surface area is 258 Å². The van der Waals surface area contributed by atoms with Crippen molar-refractivity contribution in [3.63, 3.8) is 0 Å². The van der Waals surface area contributed by atoms with Gasteiger partial charge in [0.05, 0.1) is 17.5 Å². The summed E-state index contributed by atoms with van der Waals surface area (Å²) in [4.78, 5) is 29.0. The van der Waals surface area contributed by atoms with Crippen molar-refractivity contribution in [3.05, 3.63) is 101 Å². The Hall–Kier alpha value is -3.86. The molecule has 3 aromatic carbocycles. The number of amides is 2. The summed E-state index contributed by atoms with van der Waals surface area (Å²) in [6.07, 6.45) is -3.57. The summed E-state index contributed by atoms with van der Waals surface area (Å²) in [5.41, 5.74) is 1.56. The molecule has 0 heterocycles. The maximum absolute atomic E-state index is 13.9. The number of halogens is 3. The van der Waals surface area contributed by atoms with Gasteiger partial charge >= 0.3 is 6.18 Å². The van der Waals surface area contributed by atoms with Crippen molar-refractivity contribution >= 4 is 27.5 Å². The van der Waals surface area contributed by atoms with Crippen LogP contribution in [-0.2, 0) is 38.8 Å². The maximum atomic E-state index is 13.9. The Morgan fingerprint density at radius 3 is 2.20 bits per heavy atom. The highest BCUT2D eigenvalue weighted by atomic mass is 32.2. The second-order valence-electron chi connectivity index (χ2n) is 11.3. The molecule has 0 aromatic heterocycles. The first kappa shape index (κ1) is 34.6. The average molecular weight is 632 g/mol. The summed E-state index contributed by atoms with van der Waals surface area (Å²) in [6, 6.07) is 20.1. The number of aryl methyl sites for hydroxylation is 1. The van der Waals surface area contributed by atoms with Crippen molar-refractivity contribution < 1.29 is 31.2 Å². The van der Waals surface area contributed by atoms with Crippen LogP contribution in [0.5, 0.6) is 0 Å². The number of alkyl halides is 3. The van der Waals surface area contributed by atoms with Crippen molar-refractivity contribution in [2.75, 3.05) is 23.7 Å². The summed E-state index contributed by atoms with van der Waals surface area (Å²) in [5, 5.41) is 2.96. The standard InChI is InChI=1S/C33H40F3N3O4S/c1-24(2)22-37-32(41)30(20-26-13-6-5-7-14-26)38(23-27-15-9-8-12-25(27)3)31(40)18-11-19-39(44(4,42)43)29-17-10-16-28(21-29)33(34,35)36/h5-10,12-17,21,24,30H,11,18-20,22-23H2,1-4H3,(H,37,41). The molecule has 0 bridgehead atoms. The van der Waals surface area contributed by atoms with E-state index in [1.165, 1.54) is 11.0 Å². The van der Waals surface area contributed by atoms with E-state index < -0.39 is 27.8 Å². The number of carbonyl (C=O) groups excluding carboxylic acids is 2. The lowest BCUT2D eigenvalue weighted by molar-refractivity contribution is -0.141. The highest BCUT2D eigenvalue weighted by Crippen LogP contribution is 2.32. The molecule has 3 aromatic rings. The number of anilines is 1. The molecule has 11 heteroatoms. The zero-order valence-electron chi connectivity index (χ0n) is 25.5. The van der Waals surface area contributed by atoms with Crippen LogP contribution in [0.25, 0.3) is 0 Å². The maximum Gasteiger partial charge on any atom is 0.416 e. The van der Waals surface area contributed by atoms with E-state index in [1.807, 2.05) is 75.4 Å². The Kier molecular flexibility index (Phi) is 12.0.